The molecule has 1 atom stereocenters. The summed E-state index contributed by atoms with van der Waals surface area (Å²) in [5.74, 6) is 0.977. The van der Waals surface area contributed by atoms with Crippen molar-refractivity contribution in [1.29, 1.82) is 0 Å². The van der Waals surface area contributed by atoms with E-state index >= 15 is 0 Å². The lowest BCUT2D eigenvalue weighted by molar-refractivity contribution is -0.130. The van der Waals surface area contributed by atoms with Gasteiger partial charge in [-0.15, -0.1) is 5.10 Å². The molecular formula is C15H19N5O3S. The molecule has 4 heterocycles. The molecule has 0 saturated carbocycles. The summed E-state index contributed by atoms with van der Waals surface area (Å²) in [4.78, 5) is 14.7. The van der Waals surface area contributed by atoms with Gasteiger partial charge in [0.2, 0.25) is 11.1 Å². The Labute approximate surface area is 143 Å². The molecule has 2 aromatic rings. The standard InChI is InChI=1S/C15H19N5O3S/c21-14-13(3-6-19(14)11-4-8-22-9-5-11)24-15-16-17-18-20(15)10-12-2-1-7-23-12/h1-2,7,11,13H,3-6,8-10H2. The van der Waals surface area contributed by atoms with Crippen molar-refractivity contribution in [2.45, 2.75) is 42.3 Å². The molecule has 2 aliphatic rings. The summed E-state index contributed by atoms with van der Waals surface area (Å²) < 4.78 is 12.4. The molecule has 2 fully saturated rings. The van der Waals surface area contributed by atoms with Gasteiger partial charge in [-0.3, -0.25) is 4.79 Å². The Kier molecular flexibility index (Phi) is 4.52. The van der Waals surface area contributed by atoms with Gasteiger partial charge in [0.1, 0.15) is 12.3 Å². The van der Waals surface area contributed by atoms with Gasteiger partial charge < -0.3 is 14.1 Å². The van der Waals surface area contributed by atoms with Crippen molar-refractivity contribution in [2.24, 2.45) is 0 Å². The minimum Gasteiger partial charge on any atom is -0.467 e. The van der Waals surface area contributed by atoms with Crippen LogP contribution in [0.5, 0.6) is 0 Å². The highest BCUT2D eigenvalue weighted by Gasteiger charge is 2.37. The van der Waals surface area contributed by atoms with Gasteiger partial charge in [-0.1, -0.05) is 11.8 Å². The summed E-state index contributed by atoms with van der Waals surface area (Å²) in [6.45, 7) is 2.76. The smallest absolute Gasteiger partial charge is 0.236 e. The molecule has 24 heavy (non-hydrogen) atoms. The monoisotopic (exact) mass is 349 g/mol. The van der Waals surface area contributed by atoms with E-state index in [0.717, 1.165) is 44.8 Å². The average molecular weight is 349 g/mol. The van der Waals surface area contributed by atoms with Crippen molar-refractivity contribution in [1.82, 2.24) is 25.1 Å². The molecule has 2 aromatic heterocycles. The lowest BCUT2D eigenvalue weighted by Gasteiger charge is -2.31. The molecule has 0 bridgehead atoms. The molecule has 2 saturated heterocycles. The summed E-state index contributed by atoms with van der Waals surface area (Å²) in [6, 6.07) is 4.03. The second-order valence-electron chi connectivity index (χ2n) is 5.97. The van der Waals surface area contributed by atoms with Crippen molar-refractivity contribution in [3.05, 3.63) is 24.2 Å². The second kappa shape index (κ2) is 6.94. The predicted molar refractivity (Wildman–Crippen MR) is 85.4 cm³/mol. The van der Waals surface area contributed by atoms with E-state index in [1.54, 1.807) is 10.9 Å². The number of carbonyl (C=O) groups is 1. The van der Waals surface area contributed by atoms with Crippen molar-refractivity contribution < 1.29 is 13.9 Å². The van der Waals surface area contributed by atoms with Crippen LogP contribution in [0.4, 0.5) is 0 Å². The first kappa shape index (κ1) is 15.6. The topological polar surface area (TPSA) is 86.3 Å². The zero-order chi connectivity index (χ0) is 16.4. The van der Waals surface area contributed by atoms with Crippen LogP contribution < -0.4 is 0 Å². The first-order valence-corrected chi connectivity index (χ1v) is 9.02. The fraction of sp³-hybridized carbons (Fsp3) is 0.600. The molecule has 1 amide bonds. The maximum absolute atomic E-state index is 12.7. The average Bonchev–Trinajstić information content (AvgIpc) is 3.34. The van der Waals surface area contributed by atoms with Crippen molar-refractivity contribution in [3.63, 3.8) is 0 Å². The number of nitrogens with zero attached hydrogens (tertiary/aromatic N) is 5. The van der Waals surface area contributed by atoms with Gasteiger partial charge in [-0.05, 0) is 41.8 Å². The number of amides is 1. The Morgan fingerprint density at radius 2 is 2.17 bits per heavy atom. The zero-order valence-electron chi connectivity index (χ0n) is 13.2. The van der Waals surface area contributed by atoms with Crippen LogP contribution in [-0.4, -0.2) is 62.1 Å². The normalized spacial score (nSPS) is 22.4. The molecule has 0 aromatic carbocycles. The number of tetrazole rings is 1. The van der Waals surface area contributed by atoms with Crippen LogP contribution in [0.3, 0.4) is 0 Å². The number of ether oxygens (including phenoxy) is 1. The number of aromatic nitrogens is 4. The van der Waals surface area contributed by atoms with E-state index in [-0.39, 0.29) is 11.2 Å². The van der Waals surface area contributed by atoms with Crippen LogP contribution in [0.15, 0.2) is 28.0 Å². The SMILES string of the molecule is O=C1C(Sc2nnnn2Cc2ccco2)CCN1C1CCOCC1. The minimum atomic E-state index is -0.116. The largest absolute Gasteiger partial charge is 0.467 e. The molecule has 9 heteroatoms. The quantitative estimate of drug-likeness (QED) is 0.801. The van der Waals surface area contributed by atoms with Crippen LogP contribution in [0.1, 0.15) is 25.0 Å². The minimum absolute atomic E-state index is 0.116. The highest BCUT2D eigenvalue weighted by atomic mass is 32.2. The fourth-order valence-electron chi connectivity index (χ4n) is 3.20. The van der Waals surface area contributed by atoms with Gasteiger partial charge in [0, 0.05) is 25.8 Å². The van der Waals surface area contributed by atoms with E-state index in [0.29, 0.717) is 17.7 Å². The molecule has 2 aliphatic heterocycles. The van der Waals surface area contributed by atoms with E-state index in [4.69, 9.17) is 9.15 Å². The van der Waals surface area contributed by atoms with Crippen LogP contribution in [0.2, 0.25) is 0 Å². The van der Waals surface area contributed by atoms with Crippen LogP contribution in [0.25, 0.3) is 0 Å². The van der Waals surface area contributed by atoms with Gasteiger partial charge in [0.05, 0.1) is 11.5 Å². The van der Waals surface area contributed by atoms with E-state index in [2.05, 4.69) is 15.5 Å². The Morgan fingerprint density at radius 3 is 2.96 bits per heavy atom. The predicted octanol–water partition coefficient (Wildman–Crippen LogP) is 1.19. The van der Waals surface area contributed by atoms with Crippen molar-refractivity contribution in [2.75, 3.05) is 19.8 Å². The van der Waals surface area contributed by atoms with Gasteiger partial charge in [0.15, 0.2) is 0 Å². The molecule has 8 nitrogen and oxygen atoms in total. The Balaban J connectivity index is 1.41. The third kappa shape index (κ3) is 3.18. The number of carbonyl (C=O) groups excluding carboxylic acids is 1. The molecule has 0 spiro atoms. The molecule has 1 unspecified atom stereocenters. The molecule has 4 rings (SSSR count). The van der Waals surface area contributed by atoms with Crippen LogP contribution in [0, 0.1) is 0 Å². The maximum Gasteiger partial charge on any atom is 0.236 e. The second-order valence-corrected chi connectivity index (χ2v) is 7.14. The molecular weight excluding hydrogens is 330 g/mol. The summed E-state index contributed by atoms with van der Waals surface area (Å²) in [5, 5.41) is 12.3. The summed E-state index contributed by atoms with van der Waals surface area (Å²) in [5.41, 5.74) is 0. The number of furan rings is 1. The van der Waals surface area contributed by atoms with E-state index in [1.165, 1.54) is 11.8 Å². The molecule has 128 valence electrons. The van der Waals surface area contributed by atoms with Crippen molar-refractivity contribution >= 4 is 17.7 Å². The van der Waals surface area contributed by atoms with Crippen LogP contribution in [-0.2, 0) is 16.1 Å². The van der Waals surface area contributed by atoms with Gasteiger partial charge >= 0.3 is 0 Å². The fourth-order valence-corrected chi connectivity index (χ4v) is 4.22. The highest BCUT2D eigenvalue weighted by molar-refractivity contribution is 8.00. The molecule has 0 aliphatic carbocycles. The third-order valence-electron chi connectivity index (χ3n) is 4.45. The van der Waals surface area contributed by atoms with E-state index in [9.17, 15) is 4.79 Å². The lowest BCUT2D eigenvalue weighted by atomic mass is 10.1. The summed E-state index contributed by atoms with van der Waals surface area (Å²) in [7, 11) is 0. The number of thioether (sulfide) groups is 1. The number of hydrogen-bond donors (Lipinski definition) is 0. The summed E-state index contributed by atoms with van der Waals surface area (Å²) >= 11 is 1.44. The Hall–Kier alpha value is -1.87. The number of hydrogen-bond acceptors (Lipinski definition) is 7. The first-order valence-electron chi connectivity index (χ1n) is 8.14. The zero-order valence-corrected chi connectivity index (χ0v) is 14.0. The number of likely N-dealkylation sites (tertiary alicyclic amines) is 1. The van der Waals surface area contributed by atoms with Gasteiger partial charge in [-0.25, -0.2) is 4.68 Å². The van der Waals surface area contributed by atoms with Crippen LogP contribution >= 0.6 is 11.8 Å². The Bertz CT molecular complexity index is 683. The van der Waals surface area contributed by atoms with Crippen molar-refractivity contribution in [3.8, 4) is 0 Å². The van der Waals surface area contributed by atoms with E-state index < -0.39 is 0 Å². The van der Waals surface area contributed by atoms with Gasteiger partial charge in [0.25, 0.3) is 0 Å². The van der Waals surface area contributed by atoms with Gasteiger partial charge in [-0.2, -0.15) is 0 Å². The lowest BCUT2D eigenvalue weighted by Crippen LogP contribution is -2.41. The first-order chi connectivity index (χ1) is 11.8. The Morgan fingerprint density at radius 1 is 1.29 bits per heavy atom. The summed E-state index contributed by atoms with van der Waals surface area (Å²) in [6.07, 6.45) is 4.31. The maximum atomic E-state index is 12.7. The highest BCUT2D eigenvalue weighted by Crippen LogP contribution is 2.32. The molecule has 0 radical (unpaired) electrons. The van der Waals surface area contributed by atoms with E-state index in [1.807, 2.05) is 17.0 Å². The molecule has 0 N–H and O–H groups in total. The number of rotatable bonds is 5. The third-order valence-corrected chi connectivity index (χ3v) is 5.68.